The van der Waals surface area contributed by atoms with Crippen LogP contribution in [0.4, 0.5) is 0 Å². The zero-order valence-corrected chi connectivity index (χ0v) is 10.7. The Hall–Kier alpha value is -0.610. The van der Waals surface area contributed by atoms with Crippen LogP contribution in [0.1, 0.15) is 33.1 Å². The van der Waals surface area contributed by atoms with Gasteiger partial charge in [0.25, 0.3) is 0 Å². The van der Waals surface area contributed by atoms with E-state index in [0.717, 1.165) is 6.42 Å². The zero-order chi connectivity index (χ0) is 12.1. The van der Waals surface area contributed by atoms with Gasteiger partial charge in [0.15, 0.2) is 0 Å². The van der Waals surface area contributed by atoms with Gasteiger partial charge in [0.1, 0.15) is 0 Å². The molecule has 0 heterocycles. The van der Waals surface area contributed by atoms with Crippen molar-refractivity contribution in [3.8, 4) is 0 Å². The van der Waals surface area contributed by atoms with Gasteiger partial charge in [-0.05, 0) is 39.2 Å². The van der Waals surface area contributed by atoms with Crippen LogP contribution in [-0.4, -0.2) is 43.0 Å². The SMILES string of the molecule is CCC(C)NC(=O)CN(C)C(CN)C1CC1. The maximum Gasteiger partial charge on any atom is 0.234 e. The molecular weight excluding hydrogens is 202 g/mol. The molecule has 0 aliphatic heterocycles. The highest BCUT2D eigenvalue weighted by atomic mass is 16.2. The molecule has 0 radical (unpaired) electrons. The highest BCUT2D eigenvalue weighted by Gasteiger charge is 2.33. The summed E-state index contributed by atoms with van der Waals surface area (Å²) in [5, 5.41) is 2.98. The second-order valence-electron chi connectivity index (χ2n) is 4.93. The maximum absolute atomic E-state index is 11.7. The maximum atomic E-state index is 11.7. The number of hydrogen-bond acceptors (Lipinski definition) is 3. The van der Waals surface area contributed by atoms with Crippen LogP contribution in [0.25, 0.3) is 0 Å². The average Bonchev–Trinajstić information content (AvgIpc) is 3.02. The summed E-state index contributed by atoms with van der Waals surface area (Å²) in [6.45, 7) is 5.21. The van der Waals surface area contributed by atoms with Crippen LogP contribution in [0.3, 0.4) is 0 Å². The van der Waals surface area contributed by atoms with Crippen LogP contribution >= 0.6 is 0 Å². The van der Waals surface area contributed by atoms with Gasteiger partial charge in [0.05, 0.1) is 6.54 Å². The number of carbonyl (C=O) groups is 1. The molecule has 4 nitrogen and oxygen atoms in total. The van der Waals surface area contributed by atoms with Crippen molar-refractivity contribution < 1.29 is 4.79 Å². The summed E-state index contributed by atoms with van der Waals surface area (Å²) in [4.78, 5) is 13.8. The van der Waals surface area contributed by atoms with Crippen LogP contribution in [-0.2, 0) is 4.79 Å². The molecule has 0 aromatic carbocycles. The molecule has 1 saturated carbocycles. The fourth-order valence-electron chi connectivity index (χ4n) is 1.98. The van der Waals surface area contributed by atoms with Gasteiger partial charge in [-0.1, -0.05) is 6.92 Å². The van der Waals surface area contributed by atoms with E-state index in [1.165, 1.54) is 12.8 Å². The van der Waals surface area contributed by atoms with Crippen molar-refractivity contribution in [3.63, 3.8) is 0 Å². The predicted molar refractivity (Wildman–Crippen MR) is 66.1 cm³/mol. The standard InChI is InChI=1S/C12H25N3O/c1-4-9(2)14-12(16)8-15(3)11(7-13)10-5-6-10/h9-11H,4-8,13H2,1-3H3,(H,14,16). The quantitative estimate of drug-likeness (QED) is 0.668. The van der Waals surface area contributed by atoms with Crippen molar-refractivity contribution in [1.29, 1.82) is 0 Å². The Balaban J connectivity index is 2.31. The second-order valence-corrected chi connectivity index (χ2v) is 4.93. The minimum absolute atomic E-state index is 0.107. The number of nitrogens with two attached hydrogens (primary N) is 1. The minimum atomic E-state index is 0.107. The minimum Gasteiger partial charge on any atom is -0.353 e. The van der Waals surface area contributed by atoms with Gasteiger partial charge in [-0.2, -0.15) is 0 Å². The van der Waals surface area contributed by atoms with Crippen molar-refractivity contribution in [2.75, 3.05) is 20.1 Å². The van der Waals surface area contributed by atoms with Gasteiger partial charge >= 0.3 is 0 Å². The highest BCUT2D eigenvalue weighted by Crippen LogP contribution is 2.34. The Bertz CT molecular complexity index is 228. The lowest BCUT2D eigenvalue weighted by atomic mass is 10.1. The average molecular weight is 227 g/mol. The predicted octanol–water partition coefficient (Wildman–Crippen LogP) is 0.570. The first-order valence-corrected chi connectivity index (χ1v) is 6.28. The summed E-state index contributed by atoms with van der Waals surface area (Å²) in [5.41, 5.74) is 5.74. The molecule has 0 aromatic heterocycles. The first kappa shape index (κ1) is 13.5. The van der Waals surface area contributed by atoms with E-state index < -0.39 is 0 Å². The van der Waals surface area contributed by atoms with Crippen molar-refractivity contribution in [1.82, 2.24) is 10.2 Å². The van der Waals surface area contributed by atoms with Gasteiger partial charge in [0, 0.05) is 18.6 Å². The number of amides is 1. The molecule has 1 aliphatic carbocycles. The summed E-state index contributed by atoms with van der Waals surface area (Å²) < 4.78 is 0. The van der Waals surface area contributed by atoms with E-state index in [1.807, 2.05) is 14.0 Å². The van der Waals surface area contributed by atoms with E-state index >= 15 is 0 Å². The molecule has 4 heteroatoms. The Labute approximate surface area is 98.6 Å². The van der Waals surface area contributed by atoms with E-state index in [1.54, 1.807) is 0 Å². The van der Waals surface area contributed by atoms with Crippen molar-refractivity contribution >= 4 is 5.91 Å². The molecule has 0 bridgehead atoms. The lowest BCUT2D eigenvalue weighted by Gasteiger charge is -2.26. The lowest BCUT2D eigenvalue weighted by Crippen LogP contribution is -2.46. The van der Waals surface area contributed by atoms with Gasteiger partial charge in [-0.15, -0.1) is 0 Å². The Morgan fingerprint density at radius 1 is 1.56 bits per heavy atom. The third kappa shape index (κ3) is 4.10. The van der Waals surface area contributed by atoms with Gasteiger partial charge in [-0.3, -0.25) is 9.69 Å². The third-order valence-corrected chi connectivity index (χ3v) is 3.39. The molecule has 1 rings (SSSR count). The Morgan fingerprint density at radius 2 is 2.19 bits per heavy atom. The van der Waals surface area contributed by atoms with Crippen molar-refractivity contribution in [2.45, 2.75) is 45.2 Å². The van der Waals surface area contributed by atoms with Crippen LogP contribution in [0.2, 0.25) is 0 Å². The fraction of sp³-hybridized carbons (Fsp3) is 0.917. The Kier molecular flexibility index (Phi) is 5.22. The summed E-state index contributed by atoms with van der Waals surface area (Å²) >= 11 is 0. The second kappa shape index (κ2) is 6.21. The highest BCUT2D eigenvalue weighted by molar-refractivity contribution is 5.78. The van der Waals surface area contributed by atoms with Crippen LogP contribution < -0.4 is 11.1 Å². The first-order chi connectivity index (χ1) is 7.58. The summed E-state index contributed by atoms with van der Waals surface area (Å²) in [6.07, 6.45) is 3.50. The molecule has 0 spiro atoms. The molecule has 16 heavy (non-hydrogen) atoms. The molecule has 0 saturated heterocycles. The number of nitrogens with zero attached hydrogens (tertiary/aromatic N) is 1. The van der Waals surface area contributed by atoms with Gasteiger partial charge in [-0.25, -0.2) is 0 Å². The summed E-state index contributed by atoms with van der Waals surface area (Å²) in [6, 6.07) is 0.640. The van der Waals surface area contributed by atoms with Crippen LogP contribution in [0.15, 0.2) is 0 Å². The molecule has 2 atom stereocenters. The topological polar surface area (TPSA) is 58.4 Å². The molecule has 3 N–H and O–H groups in total. The molecule has 1 aliphatic rings. The first-order valence-electron chi connectivity index (χ1n) is 6.28. The largest absolute Gasteiger partial charge is 0.353 e. The Morgan fingerprint density at radius 3 is 2.62 bits per heavy atom. The lowest BCUT2D eigenvalue weighted by molar-refractivity contribution is -0.123. The van der Waals surface area contributed by atoms with E-state index in [0.29, 0.717) is 25.0 Å². The van der Waals surface area contributed by atoms with E-state index in [9.17, 15) is 4.79 Å². The summed E-state index contributed by atoms with van der Waals surface area (Å²) in [5.74, 6) is 0.822. The van der Waals surface area contributed by atoms with E-state index in [4.69, 9.17) is 5.73 Å². The number of rotatable bonds is 7. The number of hydrogen-bond donors (Lipinski definition) is 2. The van der Waals surface area contributed by atoms with E-state index in [-0.39, 0.29) is 11.9 Å². The third-order valence-electron chi connectivity index (χ3n) is 3.39. The van der Waals surface area contributed by atoms with Crippen molar-refractivity contribution in [3.05, 3.63) is 0 Å². The molecule has 1 fully saturated rings. The van der Waals surface area contributed by atoms with Crippen molar-refractivity contribution in [2.24, 2.45) is 11.7 Å². The molecule has 94 valence electrons. The fourth-order valence-corrected chi connectivity index (χ4v) is 1.98. The van der Waals surface area contributed by atoms with Crippen LogP contribution in [0.5, 0.6) is 0 Å². The number of carbonyl (C=O) groups excluding carboxylic acids is 1. The number of nitrogens with one attached hydrogen (secondary N) is 1. The smallest absolute Gasteiger partial charge is 0.234 e. The van der Waals surface area contributed by atoms with Crippen LogP contribution in [0, 0.1) is 5.92 Å². The van der Waals surface area contributed by atoms with Gasteiger partial charge in [0.2, 0.25) is 5.91 Å². The van der Waals surface area contributed by atoms with E-state index in [2.05, 4.69) is 17.1 Å². The number of likely N-dealkylation sites (N-methyl/N-ethyl adjacent to an activating group) is 1. The molecule has 1 amide bonds. The monoisotopic (exact) mass is 227 g/mol. The normalized spacial score (nSPS) is 19.6. The summed E-state index contributed by atoms with van der Waals surface area (Å²) in [7, 11) is 1.99. The van der Waals surface area contributed by atoms with Gasteiger partial charge < -0.3 is 11.1 Å². The zero-order valence-electron chi connectivity index (χ0n) is 10.7. The molecular formula is C12H25N3O. The molecule has 2 unspecified atom stereocenters. The molecule has 0 aromatic rings.